The Morgan fingerprint density at radius 2 is 2.18 bits per heavy atom. The molecule has 0 atom stereocenters. The molecule has 114 valence electrons. The second-order valence-electron chi connectivity index (χ2n) is 4.38. The maximum atomic E-state index is 11.9. The van der Waals surface area contributed by atoms with E-state index in [2.05, 4.69) is 27.2 Å². The van der Waals surface area contributed by atoms with E-state index in [4.69, 9.17) is 15.9 Å². The van der Waals surface area contributed by atoms with Gasteiger partial charge in [-0.15, -0.1) is 6.42 Å². The van der Waals surface area contributed by atoms with Crippen molar-refractivity contribution >= 4 is 33.9 Å². The van der Waals surface area contributed by atoms with Gasteiger partial charge in [0.2, 0.25) is 0 Å². The first-order valence-corrected chi connectivity index (χ1v) is 7.01. The lowest BCUT2D eigenvalue weighted by atomic mass is 10.1. The first-order valence-electron chi connectivity index (χ1n) is 6.22. The molecule has 0 unspecified atom stereocenters. The smallest absolute Gasteiger partial charge is 0.328 e. The summed E-state index contributed by atoms with van der Waals surface area (Å²) in [4.78, 5) is 24.3. The van der Waals surface area contributed by atoms with Crippen LogP contribution in [0.4, 0.5) is 4.79 Å². The van der Waals surface area contributed by atoms with E-state index < -0.39 is 11.9 Å². The highest BCUT2D eigenvalue weighted by Crippen LogP contribution is 2.37. The summed E-state index contributed by atoms with van der Waals surface area (Å²) in [7, 11) is 2.91. The Hall–Kier alpha value is -2.46. The average Bonchev–Trinajstić information content (AvgIpc) is 2.73. The third kappa shape index (κ3) is 3.07. The SMILES string of the molecule is C#CCOc1c(Br)cc(/C=C2/NC(=O)N(C)C2=O)cc1OC. The zero-order valence-corrected chi connectivity index (χ0v) is 13.6. The molecule has 3 amide bonds. The fraction of sp³-hybridized carbons (Fsp3) is 0.200. The average molecular weight is 365 g/mol. The number of imide groups is 1. The van der Waals surface area contributed by atoms with Crippen molar-refractivity contribution in [3.05, 3.63) is 27.9 Å². The Bertz CT molecular complexity index is 706. The number of likely N-dealkylation sites (N-methyl/N-ethyl adjacent to an activating group) is 1. The van der Waals surface area contributed by atoms with Crippen LogP contribution in [0, 0.1) is 12.3 Å². The van der Waals surface area contributed by atoms with Crippen molar-refractivity contribution < 1.29 is 19.1 Å². The highest BCUT2D eigenvalue weighted by molar-refractivity contribution is 9.10. The van der Waals surface area contributed by atoms with Gasteiger partial charge in [0.05, 0.1) is 11.6 Å². The molecule has 1 fully saturated rings. The molecule has 1 heterocycles. The molecule has 1 aromatic rings. The first-order chi connectivity index (χ1) is 10.5. The number of benzene rings is 1. The van der Waals surface area contributed by atoms with Crippen LogP contribution in [0.1, 0.15) is 5.56 Å². The van der Waals surface area contributed by atoms with E-state index in [-0.39, 0.29) is 12.3 Å². The van der Waals surface area contributed by atoms with Crippen LogP contribution in [0.2, 0.25) is 0 Å². The van der Waals surface area contributed by atoms with Gasteiger partial charge < -0.3 is 14.8 Å². The minimum Gasteiger partial charge on any atom is -0.493 e. The van der Waals surface area contributed by atoms with E-state index in [1.54, 1.807) is 18.2 Å². The maximum Gasteiger partial charge on any atom is 0.328 e. The van der Waals surface area contributed by atoms with E-state index >= 15 is 0 Å². The van der Waals surface area contributed by atoms with Gasteiger partial charge in [0.25, 0.3) is 5.91 Å². The van der Waals surface area contributed by atoms with E-state index in [0.717, 1.165) is 4.90 Å². The highest BCUT2D eigenvalue weighted by Gasteiger charge is 2.30. The number of amides is 3. The third-order valence-electron chi connectivity index (χ3n) is 2.94. The molecule has 6 nitrogen and oxygen atoms in total. The lowest BCUT2D eigenvalue weighted by Gasteiger charge is -2.12. The number of halogens is 1. The molecule has 2 rings (SSSR count). The monoisotopic (exact) mass is 364 g/mol. The molecule has 1 aromatic carbocycles. The van der Waals surface area contributed by atoms with Crippen LogP contribution in [0.5, 0.6) is 11.5 Å². The van der Waals surface area contributed by atoms with E-state index in [0.29, 0.717) is 21.5 Å². The van der Waals surface area contributed by atoms with Crippen LogP contribution in [-0.4, -0.2) is 37.6 Å². The quantitative estimate of drug-likeness (QED) is 0.504. The fourth-order valence-corrected chi connectivity index (χ4v) is 2.44. The second kappa shape index (κ2) is 6.54. The van der Waals surface area contributed by atoms with Crippen LogP contribution in [0.25, 0.3) is 6.08 Å². The second-order valence-corrected chi connectivity index (χ2v) is 5.23. The van der Waals surface area contributed by atoms with Crippen molar-refractivity contribution in [3.63, 3.8) is 0 Å². The Kier molecular flexibility index (Phi) is 4.73. The number of carbonyl (C=O) groups is 2. The molecule has 0 radical (unpaired) electrons. The van der Waals surface area contributed by atoms with Gasteiger partial charge >= 0.3 is 6.03 Å². The van der Waals surface area contributed by atoms with Crippen LogP contribution in [0.3, 0.4) is 0 Å². The van der Waals surface area contributed by atoms with Crippen LogP contribution in [0.15, 0.2) is 22.3 Å². The molecule has 0 saturated carbocycles. The third-order valence-corrected chi connectivity index (χ3v) is 3.53. The van der Waals surface area contributed by atoms with Gasteiger partial charge in [-0.25, -0.2) is 4.79 Å². The summed E-state index contributed by atoms with van der Waals surface area (Å²) < 4.78 is 11.3. The largest absolute Gasteiger partial charge is 0.493 e. The number of rotatable bonds is 4. The number of hydrogen-bond acceptors (Lipinski definition) is 4. The molecular formula is C15H13BrN2O4. The van der Waals surface area contributed by atoms with Gasteiger partial charge in [-0.3, -0.25) is 9.69 Å². The molecule has 1 saturated heterocycles. The molecule has 22 heavy (non-hydrogen) atoms. The molecule has 1 N–H and O–H groups in total. The number of carbonyl (C=O) groups excluding carboxylic acids is 2. The Morgan fingerprint density at radius 1 is 1.45 bits per heavy atom. The first kappa shape index (κ1) is 15.9. The number of ether oxygens (including phenoxy) is 2. The zero-order valence-electron chi connectivity index (χ0n) is 12.0. The van der Waals surface area contributed by atoms with Crippen molar-refractivity contribution in [2.75, 3.05) is 20.8 Å². The molecule has 7 heteroatoms. The molecule has 1 aliphatic heterocycles. The summed E-state index contributed by atoms with van der Waals surface area (Å²) in [6, 6.07) is 2.96. The number of urea groups is 1. The summed E-state index contributed by atoms with van der Waals surface area (Å²) in [5, 5.41) is 2.49. The van der Waals surface area contributed by atoms with Gasteiger partial charge in [-0.05, 0) is 39.7 Å². The molecule has 1 aliphatic rings. The van der Waals surface area contributed by atoms with E-state index in [1.807, 2.05) is 0 Å². The topological polar surface area (TPSA) is 67.9 Å². The van der Waals surface area contributed by atoms with Crippen molar-refractivity contribution in [2.45, 2.75) is 0 Å². The minimum absolute atomic E-state index is 0.106. The molecule has 0 aliphatic carbocycles. The van der Waals surface area contributed by atoms with E-state index in [9.17, 15) is 9.59 Å². The van der Waals surface area contributed by atoms with Gasteiger partial charge in [-0.1, -0.05) is 5.92 Å². The number of nitrogens with one attached hydrogen (secondary N) is 1. The van der Waals surface area contributed by atoms with Crippen molar-refractivity contribution in [1.82, 2.24) is 10.2 Å². The summed E-state index contributed by atoms with van der Waals surface area (Å²) in [6.45, 7) is 0.106. The Balaban J connectivity index is 2.38. The van der Waals surface area contributed by atoms with Gasteiger partial charge in [0.15, 0.2) is 11.5 Å². The number of terminal acetylenes is 1. The predicted molar refractivity (Wildman–Crippen MR) is 84.3 cm³/mol. The number of nitrogens with zero attached hydrogens (tertiary/aromatic N) is 1. The summed E-state index contributed by atoms with van der Waals surface area (Å²) in [6.07, 6.45) is 6.73. The fourth-order valence-electron chi connectivity index (χ4n) is 1.87. The lowest BCUT2D eigenvalue weighted by molar-refractivity contribution is -0.121. The lowest BCUT2D eigenvalue weighted by Crippen LogP contribution is -2.25. The van der Waals surface area contributed by atoms with Crippen LogP contribution in [-0.2, 0) is 4.79 Å². The van der Waals surface area contributed by atoms with Crippen molar-refractivity contribution in [3.8, 4) is 23.8 Å². The maximum absolute atomic E-state index is 11.9. The highest BCUT2D eigenvalue weighted by atomic mass is 79.9. The normalized spacial score (nSPS) is 15.7. The molecular weight excluding hydrogens is 352 g/mol. The van der Waals surface area contributed by atoms with E-state index in [1.165, 1.54) is 14.2 Å². The van der Waals surface area contributed by atoms with Gasteiger partial charge in [-0.2, -0.15) is 0 Å². The van der Waals surface area contributed by atoms with Crippen LogP contribution >= 0.6 is 15.9 Å². The number of methoxy groups -OCH3 is 1. The molecule has 0 aromatic heterocycles. The Labute approximate surface area is 136 Å². The standard InChI is InChI=1S/C15H13BrN2O4/c1-4-5-22-13-10(16)6-9(8-12(13)21-3)7-11-14(19)18(2)15(20)17-11/h1,6-8H,5H2,2-3H3,(H,17,20)/b11-7+. The van der Waals surface area contributed by atoms with Crippen molar-refractivity contribution in [2.24, 2.45) is 0 Å². The van der Waals surface area contributed by atoms with Gasteiger partial charge in [0, 0.05) is 7.05 Å². The summed E-state index contributed by atoms with van der Waals surface area (Å²) in [5.41, 5.74) is 0.856. The molecule has 0 bridgehead atoms. The minimum atomic E-state index is -0.462. The van der Waals surface area contributed by atoms with Crippen LogP contribution < -0.4 is 14.8 Å². The summed E-state index contributed by atoms with van der Waals surface area (Å²) in [5.74, 6) is 2.91. The molecule has 0 spiro atoms. The Morgan fingerprint density at radius 3 is 2.73 bits per heavy atom. The summed E-state index contributed by atoms with van der Waals surface area (Å²) >= 11 is 3.37. The van der Waals surface area contributed by atoms with Crippen molar-refractivity contribution in [1.29, 1.82) is 0 Å². The van der Waals surface area contributed by atoms with Gasteiger partial charge in [0.1, 0.15) is 12.3 Å². The zero-order chi connectivity index (χ0) is 16.3. The predicted octanol–water partition coefficient (Wildman–Crippen LogP) is 1.99. The number of hydrogen-bond donors (Lipinski definition) is 1.